The molecule has 1 aromatic rings. The fourth-order valence-electron chi connectivity index (χ4n) is 3.38. The highest BCUT2D eigenvalue weighted by Gasteiger charge is 2.51. The number of benzene rings is 1. The quantitative estimate of drug-likeness (QED) is 0.655. The van der Waals surface area contributed by atoms with Crippen LogP contribution < -0.4 is 5.46 Å². The minimum absolute atomic E-state index is 0.235. The fourth-order valence-corrected chi connectivity index (χ4v) is 3.38. The molecule has 2 heterocycles. The number of rotatable bonds is 1. The van der Waals surface area contributed by atoms with Crippen LogP contribution in [0.15, 0.2) is 18.2 Å². The average molecular weight is 403 g/mol. The number of carbonyl (C=O) groups is 1. The Hall–Kier alpha value is -1.53. The summed E-state index contributed by atoms with van der Waals surface area (Å²) in [6, 6.07) is 6.41. The second kappa shape index (κ2) is 8.69. The van der Waals surface area contributed by atoms with Crippen LogP contribution in [0.4, 0.5) is 4.79 Å². The maximum Gasteiger partial charge on any atom is 0.494 e. The summed E-state index contributed by atoms with van der Waals surface area (Å²) in [6.07, 6.45) is 1.40. The topological polar surface area (TPSA) is 48.0 Å². The minimum atomic E-state index is -0.472. The third-order valence-corrected chi connectivity index (χ3v) is 5.71. The molecule has 2 aliphatic rings. The zero-order valence-corrected chi connectivity index (χ0v) is 19.7. The molecule has 0 saturated carbocycles. The van der Waals surface area contributed by atoms with Crippen molar-refractivity contribution in [1.29, 1.82) is 0 Å². The van der Waals surface area contributed by atoms with Crippen molar-refractivity contribution in [3.63, 3.8) is 0 Å². The highest BCUT2D eigenvalue weighted by Crippen LogP contribution is 2.36. The van der Waals surface area contributed by atoms with Gasteiger partial charge in [0.05, 0.1) is 11.2 Å². The number of ether oxygens (including phenoxy) is 1. The number of hydrogen-bond donors (Lipinski definition) is 0. The van der Waals surface area contributed by atoms with Gasteiger partial charge in [-0.1, -0.05) is 32.0 Å². The van der Waals surface area contributed by atoms with Gasteiger partial charge in [-0.25, -0.2) is 4.79 Å². The molecule has 1 aromatic carbocycles. The SMILES string of the molecule is CC.CC(C)(C)OC(=O)N1CCc2ccc(B3OC(C)(C)C(C)(C)O3)cc2CC1. The first kappa shape index (κ1) is 23.8. The molecule has 0 N–H and O–H groups in total. The summed E-state index contributed by atoms with van der Waals surface area (Å²) >= 11 is 0. The van der Waals surface area contributed by atoms with E-state index in [0.717, 1.165) is 18.3 Å². The Labute approximate surface area is 177 Å². The zero-order valence-electron chi connectivity index (χ0n) is 19.7. The van der Waals surface area contributed by atoms with Crippen LogP contribution >= 0.6 is 0 Å². The monoisotopic (exact) mass is 403 g/mol. The van der Waals surface area contributed by atoms with Gasteiger partial charge in [0.15, 0.2) is 0 Å². The molecule has 6 heteroatoms. The van der Waals surface area contributed by atoms with Crippen LogP contribution in [0.25, 0.3) is 0 Å². The first-order valence-corrected chi connectivity index (χ1v) is 10.8. The number of fused-ring (bicyclic) bond motifs is 1. The Bertz CT molecular complexity index is 708. The Kier molecular flexibility index (Phi) is 7.11. The number of nitrogens with zero attached hydrogens (tertiary/aromatic N) is 1. The van der Waals surface area contributed by atoms with Crippen molar-refractivity contribution in [2.24, 2.45) is 0 Å². The lowest BCUT2D eigenvalue weighted by molar-refractivity contribution is 0.00578. The van der Waals surface area contributed by atoms with E-state index in [0.29, 0.717) is 13.1 Å². The highest BCUT2D eigenvalue weighted by molar-refractivity contribution is 6.62. The van der Waals surface area contributed by atoms with E-state index in [1.54, 1.807) is 4.90 Å². The first-order chi connectivity index (χ1) is 13.4. The van der Waals surface area contributed by atoms with Gasteiger partial charge < -0.3 is 18.9 Å². The summed E-state index contributed by atoms with van der Waals surface area (Å²) in [7, 11) is -0.356. The van der Waals surface area contributed by atoms with E-state index >= 15 is 0 Å². The molecule has 1 amide bonds. The lowest BCUT2D eigenvalue weighted by Gasteiger charge is -2.32. The van der Waals surface area contributed by atoms with E-state index in [2.05, 4.69) is 45.9 Å². The predicted molar refractivity (Wildman–Crippen MR) is 119 cm³/mol. The maximum atomic E-state index is 12.4. The Morgan fingerprint density at radius 2 is 1.52 bits per heavy atom. The van der Waals surface area contributed by atoms with Crippen molar-refractivity contribution in [3.05, 3.63) is 29.3 Å². The van der Waals surface area contributed by atoms with E-state index < -0.39 is 5.60 Å². The molecule has 0 aromatic heterocycles. The normalized spacial score (nSPS) is 20.3. The standard InChI is InChI=1S/C21H32BNO4.C2H6/c1-19(2,3)25-18(24)23-12-10-15-8-9-17(14-16(15)11-13-23)22-26-20(4,5)21(6,7)27-22;1-2/h8-9,14H,10-13H2,1-7H3;1-2H3. The molecule has 0 radical (unpaired) electrons. The van der Waals surface area contributed by atoms with Crippen LogP contribution in [0.2, 0.25) is 0 Å². The third-order valence-electron chi connectivity index (χ3n) is 5.71. The molecule has 0 unspecified atom stereocenters. The molecular formula is C23H38BNO4. The summed E-state index contributed by atoms with van der Waals surface area (Å²) in [5, 5.41) is 0. The summed E-state index contributed by atoms with van der Waals surface area (Å²) in [4.78, 5) is 14.2. The van der Waals surface area contributed by atoms with Crippen LogP contribution in [0.3, 0.4) is 0 Å². The van der Waals surface area contributed by atoms with Crippen LogP contribution in [0.1, 0.15) is 73.4 Å². The summed E-state index contributed by atoms with van der Waals surface area (Å²) in [5.74, 6) is 0. The lowest BCUT2D eigenvalue weighted by Crippen LogP contribution is -2.41. The van der Waals surface area contributed by atoms with Crippen molar-refractivity contribution in [3.8, 4) is 0 Å². The van der Waals surface area contributed by atoms with Crippen LogP contribution in [0.5, 0.6) is 0 Å². The molecule has 0 aliphatic carbocycles. The van der Waals surface area contributed by atoms with Gasteiger partial charge in [-0.3, -0.25) is 0 Å². The van der Waals surface area contributed by atoms with E-state index in [4.69, 9.17) is 14.0 Å². The average Bonchev–Trinajstić information content (AvgIpc) is 2.76. The van der Waals surface area contributed by atoms with E-state index in [1.807, 2.05) is 34.6 Å². The molecule has 29 heavy (non-hydrogen) atoms. The fraction of sp³-hybridized carbons (Fsp3) is 0.696. The van der Waals surface area contributed by atoms with Gasteiger partial charge in [0.1, 0.15) is 5.60 Å². The van der Waals surface area contributed by atoms with Crippen LogP contribution in [-0.2, 0) is 26.9 Å². The number of amides is 1. The van der Waals surface area contributed by atoms with Gasteiger partial charge in [-0.05, 0) is 77.9 Å². The molecule has 1 saturated heterocycles. The molecular weight excluding hydrogens is 365 g/mol. The van der Waals surface area contributed by atoms with Crippen LogP contribution in [-0.4, -0.2) is 48.0 Å². The van der Waals surface area contributed by atoms with Crippen molar-refractivity contribution < 1.29 is 18.8 Å². The van der Waals surface area contributed by atoms with Gasteiger partial charge in [0.25, 0.3) is 0 Å². The Morgan fingerprint density at radius 3 is 2.03 bits per heavy atom. The van der Waals surface area contributed by atoms with Crippen LogP contribution in [0, 0.1) is 0 Å². The van der Waals surface area contributed by atoms with Gasteiger partial charge in [-0.2, -0.15) is 0 Å². The smallest absolute Gasteiger partial charge is 0.444 e. The summed E-state index contributed by atoms with van der Waals surface area (Å²) in [5.41, 5.74) is 2.41. The Balaban J connectivity index is 0.00000145. The molecule has 162 valence electrons. The maximum absolute atomic E-state index is 12.4. The molecule has 0 atom stereocenters. The van der Waals surface area contributed by atoms with Gasteiger partial charge in [0.2, 0.25) is 0 Å². The third kappa shape index (κ3) is 5.55. The zero-order chi connectivity index (χ0) is 22.0. The van der Waals surface area contributed by atoms with E-state index in [1.165, 1.54) is 11.1 Å². The van der Waals surface area contributed by atoms with Crippen molar-refractivity contribution >= 4 is 18.7 Å². The largest absolute Gasteiger partial charge is 0.494 e. The molecule has 1 fully saturated rings. The molecule has 3 rings (SSSR count). The number of hydrogen-bond acceptors (Lipinski definition) is 4. The lowest BCUT2D eigenvalue weighted by atomic mass is 9.77. The molecule has 0 bridgehead atoms. The molecule has 2 aliphatic heterocycles. The van der Waals surface area contributed by atoms with Crippen molar-refractivity contribution in [1.82, 2.24) is 4.90 Å². The summed E-state index contributed by atoms with van der Waals surface area (Å²) < 4.78 is 17.9. The van der Waals surface area contributed by atoms with E-state index in [-0.39, 0.29) is 24.4 Å². The minimum Gasteiger partial charge on any atom is -0.444 e. The van der Waals surface area contributed by atoms with E-state index in [9.17, 15) is 4.79 Å². The second-order valence-electron chi connectivity index (χ2n) is 9.58. The molecule has 0 spiro atoms. The Morgan fingerprint density at radius 1 is 1.00 bits per heavy atom. The number of carbonyl (C=O) groups excluding carboxylic acids is 1. The predicted octanol–water partition coefficient (Wildman–Crippen LogP) is 4.35. The summed E-state index contributed by atoms with van der Waals surface area (Å²) in [6.45, 7) is 19.3. The van der Waals surface area contributed by atoms with Crippen molar-refractivity contribution in [2.45, 2.75) is 92.0 Å². The van der Waals surface area contributed by atoms with Gasteiger partial charge in [0, 0.05) is 13.1 Å². The van der Waals surface area contributed by atoms with Crippen molar-refractivity contribution in [2.75, 3.05) is 13.1 Å². The molecule has 5 nitrogen and oxygen atoms in total. The first-order valence-electron chi connectivity index (χ1n) is 10.8. The van der Waals surface area contributed by atoms with Gasteiger partial charge >= 0.3 is 13.2 Å². The highest BCUT2D eigenvalue weighted by atomic mass is 16.7. The second-order valence-corrected chi connectivity index (χ2v) is 9.58. The van der Waals surface area contributed by atoms with Gasteiger partial charge in [-0.15, -0.1) is 0 Å².